The Morgan fingerprint density at radius 3 is 2.33 bits per heavy atom. The number of pyridine rings is 1. The molecule has 1 heterocycles. The number of hydrogen-bond donors (Lipinski definition) is 0. The van der Waals surface area contributed by atoms with Crippen LogP contribution in [-0.4, -0.2) is 4.98 Å². The Bertz CT molecular complexity index is 723. The fourth-order valence-electron chi connectivity index (χ4n) is 1.93. The maximum Gasteiger partial charge on any atom is 0.0863 e. The molecule has 0 aliphatic heterocycles. The molecule has 88 valence electrons. The summed E-state index contributed by atoms with van der Waals surface area (Å²) in [6, 6.07) is 18.3. The minimum atomic E-state index is 0.959. The Morgan fingerprint density at radius 1 is 0.778 bits per heavy atom. The molecule has 0 saturated carbocycles. The van der Waals surface area contributed by atoms with Crippen molar-refractivity contribution in [3.63, 3.8) is 0 Å². The van der Waals surface area contributed by atoms with Gasteiger partial charge in [0.25, 0.3) is 0 Å². The first-order valence-corrected chi connectivity index (χ1v) is 7.14. The van der Waals surface area contributed by atoms with Crippen LogP contribution in [-0.2, 0) is 0 Å². The summed E-state index contributed by atoms with van der Waals surface area (Å²) in [6.07, 6.45) is 0. The van der Waals surface area contributed by atoms with Gasteiger partial charge in [0.1, 0.15) is 0 Å². The molecule has 0 N–H and O–H groups in total. The van der Waals surface area contributed by atoms with E-state index in [4.69, 9.17) is 4.98 Å². The van der Waals surface area contributed by atoms with E-state index in [1.807, 2.05) is 36.4 Å². The van der Waals surface area contributed by atoms with Crippen LogP contribution in [0.2, 0.25) is 0 Å². The van der Waals surface area contributed by atoms with Crippen molar-refractivity contribution in [3.8, 4) is 11.3 Å². The second kappa shape index (κ2) is 4.82. The Balaban J connectivity index is 2.30. The van der Waals surface area contributed by atoms with E-state index in [0.29, 0.717) is 0 Å². The molecule has 0 radical (unpaired) electrons. The van der Waals surface area contributed by atoms with Crippen molar-refractivity contribution in [2.45, 2.75) is 0 Å². The van der Waals surface area contributed by atoms with Gasteiger partial charge in [-0.1, -0.05) is 52.3 Å². The van der Waals surface area contributed by atoms with Crippen molar-refractivity contribution < 1.29 is 0 Å². The first-order chi connectivity index (χ1) is 8.75. The van der Waals surface area contributed by atoms with Crippen LogP contribution in [0.4, 0.5) is 0 Å². The monoisotopic (exact) mass is 361 g/mol. The smallest absolute Gasteiger partial charge is 0.0863 e. The number of para-hydroxylation sites is 1. The lowest BCUT2D eigenvalue weighted by atomic mass is 10.1. The van der Waals surface area contributed by atoms with Crippen LogP contribution in [0, 0.1) is 0 Å². The highest BCUT2D eigenvalue weighted by Crippen LogP contribution is 2.33. The SMILES string of the molecule is Brc1ccccc1-c1nc2ccccc2cc1Br. The molecular formula is C15H9Br2N. The molecule has 0 amide bonds. The lowest BCUT2D eigenvalue weighted by Crippen LogP contribution is -1.88. The van der Waals surface area contributed by atoms with Gasteiger partial charge >= 0.3 is 0 Å². The molecule has 2 aromatic carbocycles. The van der Waals surface area contributed by atoms with Crippen LogP contribution in [0.1, 0.15) is 0 Å². The number of benzene rings is 2. The molecule has 0 fully saturated rings. The third-order valence-electron chi connectivity index (χ3n) is 2.81. The molecule has 18 heavy (non-hydrogen) atoms. The van der Waals surface area contributed by atoms with E-state index in [9.17, 15) is 0 Å². The molecule has 3 aromatic rings. The quantitative estimate of drug-likeness (QED) is 0.562. The molecule has 0 aliphatic carbocycles. The van der Waals surface area contributed by atoms with Crippen molar-refractivity contribution in [3.05, 3.63) is 63.5 Å². The number of aromatic nitrogens is 1. The van der Waals surface area contributed by atoms with Crippen molar-refractivity contribution in [1.29, 1.82) is 0 Å². The van der Waals surface area contributed by atoms with Crippen LogP contribution in [0.15, 0.2) is 63.5 Å². The lowest BCUT2D eigenvalue weighted by Gasteiger charge is -2.08. The second-order valence-electron chi connectivity index (χ2n) is 3.99. The van der Waals surface area contributed by atoms with Gasteiger partial charge in [0.2, 0.25) is 0 Å². The van der Waals surface area contributed by atoms with Gasteiger partial charge in [-0.15, -0.1) is 0 Å². The molecule has 0 bridgehead atoms. The minimum absolute atomic E-state index is 0.959. The lowest BCUT2D eigenvalue weighted by molar-refractivity contribution is 1.37. The molecular weight excluding hydrogens is 354 g/mol. The summed E-state index contributed by atoms with van der Waals surface area (Å²) in [4.78, 5) is 4.73. The van der Waals surface area contributed by atoms with Crippen molar-refractivity contribution in [1.82, 2.24) is 4.98 Å². The van der Waals surface area contributed by atoms with Gasteiger partial charge in [0.15, 0.2) is 0 Å². The Labute approximate surface area is 122 Å². The highest BCUT2D eigenvalue weighted by molar-refractivity contribution is 9.11. The van der Waals surface area contributed by atoms with Crippen molar-refractivity contribution >= 4 is 42.8 Å². The Hall–Kier alpha value is -1.19. The van der Waals surface area contributed by atoms with E-state index in [-0.39, 0.29) is 0 Å². The Morgan fingerprint density at radius 2 is 1.50 bits per heavy atom. The highest BCUT2D eigenvalue weighted by Gasteiger charge is 2.09. The molecule has 0 unspecified atom stereocenters. The van der Waals surface area contributed by atoms with E-state index in [0.717, 1.165) is 31.1 Å². The topological polar surface area (TPSA) is 12.9 Å². The van der Waals surface area contributed by atoms with Crippen LogP contribution >= 0.6 is 31.9 Å². The summed E-state index contributed by atoms with van der Waals surface area (Å²) in [5.74, 6) is 0. The first kappa shape index (κ1) is 11.9. The van der Waals surface area contributed by atoms with Gasteiger partial charge in [-0.2, -0.15) is 0 Å². The standard InChI is InChI=1S/C15H9Br2N/c16-12-7-3-2-6-11(12)15-13(17)9-10-5-1-4-8-14(10)18-15/h1-9H. The van der Waals surface area contributed by atoms with Crippen molar-refractivity contribution in [2.24, 2.45) is 0 Å². The maximum absolute atomic E-state index is 4.73. The average molecular weight is 363 g/mol. The van der Waals surface area contributed by atoms with E-state index in [1.54, 1.807) is 0 Å². The van der Waals surface area contributed by atoms with E-state index >= 15 is 0 Å². The third kappa shape index (κ3) is 2.08. The van der Waals surface area contributed by atoms with Gasteiger partial charge in [-0.3, -0.25) is 0 Å². The molecule has 0 spiro atoms. The Kier molecular flexibility index (Phi) is 3.18. The fourth-order valence-corrected chi connectivity index (χ4v) is 2.95. The number of rotatable bonds is 1. The minimum Gasteiger partial charge on any atom is -0.247 e. The zero-order valence-corrected chi connectivity index (χ0v) is 12.6. The predicted octanol–water partition coefficient (Wildman–Crippen LogP) is 5.43. The molecule has 1 nitrogen and oxygen atoms in total. The number of halogens is 2. The van der Waals surface area contributed by atoms with Gasteiger partial charge in [-0.25, -0.2) is 4.98 Å². The van der Waals surface area contributed by atoms with Crippen LogP contribution in [0.25, 0.3) is 22.2 Å². The summed E-state index contributed by atoms with van der Waals surface area (Å²) >= 11 is 7.18. The summed E-state index contributed by atoms with van der Waals surface area (Å²) in [5, 5.41) is 1.14. The highest BCUT2D eigenvalue weighted by atomic mass is 79.9. The summed E-state index contributed by atoms with van der Waals surface area (Å²) in [7, 11) is 0. The zero-order valence-electron chi connectivity index (χ0n) is 9.40. The first-order valence-electron chi connectivity index (χ1n) is 5.56. The van der Waals surface area contributed by atoms with Gasteiger partial charge in [0.05, 0.1) is 11.2 Å². The second-order valence-corrected chi connectivity index (χ2v) is 5.70. The zero-order chi connectivity index (χ0) is 12.5. The molecule has 0 atom stereocenters. The van der Waals surface area contributed by atoms with E-state index in [2.05, 4.69) is 50.1 Å². The largest absolute Gasteiger partial charge is 0.247 e. The number of hydrogen-bond acceptors (Lipinski definition) is 1. The molecule has 3 rings (SSSR count). The van der Waals surface area contributed by atoms with E-state index in [1.165, 1.54) is 0 Å². The number of nitrogens with zero attached hydrogens (tertiary/aromatic N) is 1. The average Bonchev–Trinajstić information content (AvgIpc) is 2.39. The fraction of sp³-hybridized carbons (Fsp3) is 0. The van der Waals surface area contributed by atoms with Gasteiger partial charge in [0, 0.05) is 19.9 Å². The normalized spacial score (nSPS) is 10.8. The predicted molar refractivity (Wildman–Crippen MR) is 82.6 cm³/mol. The maximum atomic E-state index is 4.73. The van der Waals surface area contributed by atoms with Crippen LogP contribution in [0.3, 0.4) is 0 Å². The van der Waals surface area contributed by atoms with Crippen LogP contribution < -0.4 is 0 Å². The van der Waals surface area contributed by atoms with Gasteiger partial charge < -0.3 is 0 Å². The summed E-state index contributed by atoms with van der Waals surface area (Å²) < 4.78 is 2.06. The summed E-state index contributed by atoms with van der Waals surface area (Å²) in [5.41, 5.74) is 3.06. The number of fused-ring (bicyclic) bond motifs is 1. The third-order valence-corrected chi connectivity index (χ3v) is 4.10. The van der Waals surface area contributed by atoms with Crippen LogP contribution in [0.5, 0.6) is 0 Å². The summed E-state index contributed by atoms with van der Waals surface area (Å²) in [6.45, 7) is 0. The van der Waals surface area contributed by atoms with Crippen molar-refractivity contribution in [2.75, 3.05) is 0 Å². The molecule has 0 aliphatic rings. The molecule has 1 aromatic heterocycles. The van der Waals surface area contributed by atoms with Gasteiger partial charge in [-0.05, 0) is 34.1 Å². The molecule has 0 saturated heterocycles. The molecule has 3 heteroatoms. The van der Waals surface area contributed by atoms with E-state index < -0.39 is 0 Å².